The van der Waals surface area contributed by atoms with Crippen molar-refractivity contribution in [1.82, 2.24) is 4.98 Å². The number of ether oxygens (including phenoxy) is 1. The Kier molecular flexibility index (Phi) is 3.73. The Morgan fingerprint density at radius 2 is 2.27 bits per heavy atom. The van der Waals surface area contributed by atoms with Gasteiger partial charge in [0.15, 0.2) is 0 Å². The molecule has 0 fully saturated rings. The van der Waals surface area contributed by atoms with Gasteiger partial charge in [0.25, 0.3) is 0 Å². The highest BCUT2D eigenvalue weighted by atomic mass is 16.5. The van der Waals surface area contributed by atoms with Crippen molar-refractivity contribution in [2.45, 2.75) is 6.92 Å². The lowest BCUT2D eigenvalue weighted by Gasteiger charge is -2.06. The summed E-state index contributed by atoms with van der Waals surface area (Å²) in [7, 11) is 0. The lowest BCUT2D eigenvalue weighted by atomic mass is 10.4. The number of nitrogen functional groups attached to an aromatic ring is 2. The molecule has 0 aliphatic rings. The van der Waals surface area contributed by atoms with Gasteiger partial charge in [-0.05, 0) is 19.1 Å². The predicted octanol–water partition coefficient (Wildman–Crippen LogP) is 0.221. The van der Waals surface area contributed by atoms with E-state index in [0.29, 0.717) is 18.1 Å². The van der Waals surface area contributed by atoms with Gasteiger partial charge in [0.2, 0.25) is 0 Å². The topological polar surface area (TPSA) is 103 Å². The van der Waals surface area contributed by atoms with Gasteiger partial charge in [-0.1, -0.05) is 0 Å². The lowest BCUT2D eigenvalue weighted by Crippen LogP contribution is -2.17. The van der Waals surface area contributed by atoms with E-state index in [4.69, 9.17) is 16.2 Å². The molecular formula is C9H14N4O2. The third kappa shape index (κ3) is 3.34. The number of nitrogens with zero attached hydrogens (tertiary/aromatic N) is 1. The van der Waals surface area contributed by atoms with E-state index >= 15 is 0 Å². The van der Waals surface area contributed by atoms with Crippen LogP contribution in [0.1, 0.15) is 6.92 Å². The molecule has 0 aromatic carbocycles. The molecule has 1 heterocycles. The molecule has 82 valence electrons. The van der Waals surface area contributed by atoms with Crippen LogP contribution in [-0.2, 0) is 9.53 Å². The van der Waals surface area contributed by atoms with E-state index in [0.717, 1.165) is 0 Å². The summed E-state index contributed by atoms with van der Waals surface area (Å²) in [5.41, 5.74) is 11.4. The summed E-state index contributed by atoms with van der Waals surface area (Å²) in [6.07, 6.45) is 0. The number of aromatic nitrogens is 1. The van der Waals surface area contributed by atoms with E-state index in [2.05, 4.69) is 10.3 Å². The smallest absolute Gasteiger partial charge is 0.325 e. The third-order valence-corrected chi connectivity index (χ3v) is 1.68. The van der Waals surface area contributed by atoms with E-state index in [-0.39, 0.29) is 18.3 Å². The molecule has 0 saturated carbocycles. The quantitative estimate of drug-likeness (QED) is 0.614. The van der Waals surface area contributed by atoms with Crippen molar-refractivity contribution in [2.75, 3.05) is 29.9 Å². The summed E-state index contributed by atoms with van der Waals surface area (Å²) >= 11 is 0. The molecule has 0 aliphatic heterocycles. The van der Waals surface area contributed by atoms with Crippen LogP contribution >= 0.6 is 0 Å². The number of pyridine rings is 1. The van der Waals surface area contributed by atoms with Gasteiger partial charge in [0, 0.05) is 0 Å². The van der Waals surface area contributed by atoms with Gasteiger partial charge in [-0.15, -0.1) is 0 Å². The molecule has 0 unspecified atom stereocenters. The van der Waals surface area contributed by atoms with Crippen LogP contribution in [0.25, 0.3) is 0 Å². The summed E-state index contributed by atoms with van der Waals surface area (Å²) < 4.78 is 4.73. The third-order valence-electron chi connectivity index (χ3n) is 1.68. The zero-order valence-electron chi connectivity index (χ0n) is 8.49. The highest BCUT2D eigenvalue weighted by Gasteiger charge is 2.03. The Morgan fingerprint density at radius 1 is 1.53 bits per heavy atom. The van der Waals surface area contributed by atoms with Crippen LogP contribution < -0.4 is 16.8 Å². The van der Waals surface area contributed by atoms with Gasteiger partial charge in [-0.3, -0.25) is 4.79 Å². The molecular weight excluding hydrogens is 196 g/mol. The summed E-state index contributed by atoms with van der Waals surface area (Å²) in [6.45, 7) is 2.17. The number of carbonyl (C=O) groups is 1. The van der Waals surface area contributed by atoms with Crippen LogP contribution in [0, 0.1) is 0 Å². The number of hydrogen-bond donors (Lipinski definition) is 3. The largest absolute Gasteiger partial charge is 0.465 e. The molecule has 0 saturated heterocycles. The first kappa shape index (κ1) is 11.1. The summed E-state index contributed by atoms with van der Waals surface area (Å²) in [6, 6.07) is 3.26. The lowest BCUT2D eigenvalue weighted by molar-refractivity contribution is -0.140. The maximum Gasteiger partial charge on any atom is 0.325 e. The van der Waals surface area contributed by atoms with E-state index in [1.807, 2.05) is 0 Å². The van der Waals surface area contributed by atoms with E-state index in [1.165, 1.54) is 0 Å². The fourth-order valence-electron chi connectivity index (χ4n) is 0.959. The zero-order valence-corrected chi connectivity index (χ0v) is 8.49. The maximum atomic E-state index is 11.0. The van der Waals surface area contributed by atoms with Crippen molar-refractivity contribution < 1.29 is 9.53 Å². The van der Waals surface area contributed by atoms with E-state index in [1.54, 1.807) is 19.1 Å². The molecule has 1 aromatic heterocycles. The highest BCUT2D eigenvalue weighted by molar-refractivity contribution is 5.75. The number of anilines is 3. The molecule has 0 atom stereocenters. The molecule has 1 rings (SSSR count). The second-order valence-corrected chi connectivity index (χ2v) is 2.83. The van der Waals surface area contributed by atoms with Gasteiger partial charge in [0.1, 0.15) is 18.2 Å². The Hall–Kier alpha value is -1.98. The van der Waals surface area contributed by atoms with Crippen molar-refractivity contribution in [2.24, 2.45) is 0 Å². The van der Waals surface area contributed by atoms with Crippen LogP contribution in [0.2, 0.25) is 0 Å². The van der Waals surface area contributed by atoms with Crippen LogP contribution in [0.15, 0.2) is 12.1 Å². The highest BCUT2D eigenvalue weighted by Crippen LogP contribution is 2.14. The Morgan fingerprint density at radius 3 is 2.87 bits per heavy atom. The van der Waals surface area contributed by atoms with E-state index < -0.39 is 0 Å². The molecule has 6 heteroatoms. The number of nitrogens with one attached hydrogen (secondary N) is 1. The molecule has 6 nitrogen and oxygen atoms in total. The van der Waals surface area contributed by atoms with E-state index in [9.17, 15) is 4.79 Å². The second-order valence-electron chi connectivity index (χ2n) is 2.83. The molecule has 0 aliphatic carbocycles. The molecule has 5 N–H and O–H groups in total. The minimum absolute atomic E-state index is 0.0597. The monoisotopic (exact) mass is 210 g/mol. The minimum atomic E-state index is -0.338. The summed E-state index contributed by atoms with van der Waals surface area (Å²) in [5, 5.41) is 2.78. The number of hydrogen-bond acceptors (Lipinski definition) is 6. The number of rotatable bonds is 4. The average molecular weight is 210 g/mol. The fraction of sp³-hybridized carbons (Fsp3) is 0.333. The van der Waals surface area contributed by atoms with Crippen molar-refractivity contribution in [3.05, 3.63) is 12.1 Å². The van der Waals surface area contributed by atoms with Crippen molar-refractivity contribution in [3.63, 3.8) is 0 Å². The zero-order chi connectivity index (χ0) is 11.3. The van der Waals surface area contributed by atoms with Crippen LogP contribution in [-0.4, -0.2) is 24.1 Å². The minimum Gasteiger partial charge on any atom is -0.465 e. The van der Waals surface area contributed by atoms with Crippen LogP contribution in [0.5, 0.6) is 0 Å². The van der Waals surface area contributed by atoms with Gasteiger partial charge in [0.05, 0.1) is 12.3 Å². The molecule has 0 radical (unpaired) electrons. The van der Waals surface area contributed by atoms with Crippen molar-refractivity contribution >= 4 is 23.3 Å². The van der Waals surface area contributed by atoms with Crippen LogP contribution in [0.4, 0.5) is 17.3 Å². The first-order valence-corrected chi connectivity index (χ1v) is 4.55. The predicted molar refractivity (Wildman–Crippen MR) is 58.2 cm³/mol. The van der Waals surface area contributed by atoms with Crippen LogP contribution in [0.3, 0.4) is 0 Å². The summed E-state index contributed by atoms with van der Waals surface area (Å²) in [4.78, 5) is 14.9. The van der Waals surface area contributed by atoms with Crippen molar-refractivity contribution in [3.8, 4) is 0 Å². The molecule has 1 aromatic rings. The Balaban J connectivity index is 2.51. The normalized spacial score (nSPS) is 9.67. The van der Waals surface area contributed by atoms with Gasteiger partial charge in [-0.25, -0.2) is 4.98 Å². The molecule has 0 amide bonds. The Labute approximate surface area is 87.6 Å². The van der Waals surface area contributed by atoms with Gasteiger partial charge >= 0.3 is 5.97 Å². The second kappa shape index (κ2) is 5.04. The Bertz CT molecular complexity index is 354. The number of esters is 1. The standard InChI is InChI=1S/C9H14N4O2/c1-2-15-8(14)5-12-7-4-3-6(10)9(11)13-7/h3-4H,2,5,10H2,1H3,(H3,11,12,13). The number of carbonyl (C=O) groups excluding carboxylic acids is 1. The molecule has 0 spiro atoms. The first-order valence-electron chi connectivity index (χ1n) is 4.55. The summed E-state index contributed by atoms with van der Waals surface area (Å²) in [5.74, 6) is 0.397. The van der Waals surface area contributed by atoms with Gasteiger partial charge < -0.3 is 21.5 Å². The molecule has 15 heavy (non-hydrogen) atoms. The fourth-order valence-corrected chi connectivity index (χ4v) is 0.959. The van der Waals surface area contributed by atoms with Gasteiger partial charge in [-0.2, -0.15) is 0 Å². The first-order chi connectivity index (χ1) is 7.13. The van der Waals surface area contributed by atoms with Crippen molar-refractivity contribution in [1.29, 1.82) is 0 Å². The number of nitrogens with two attached hydrogens (primary N) is 2. The molecule has 0 bridgehead atoms. The average Bonchev–Trinajstić information content (AvgIpc) is 2.20. The maximum absolute atomic E-state index is 11.0. The SMILES string of the molecule is CCOC(=O)CNc1ccc(N)c(N)n1.